The molecule has 23 heavy (non-hydrogen) atoms. The molecule has 0 amide bonds. The first kappa shape index (κ1) is 16.0. The first-order valence-corrected chi connectivity index (χ1v) is 7.70. The molecule has 0 radical (unpaired) electrons. The summed E-state index contributed by atoms with van der Waals surface area (Å²) < 4.78 is 1.50. The number of rotatable bonds is 3. The minimum atomic E-state index is -1.23. The van der Waals surface area contributed by atoms with E-state index in [-0.39, 0.29) is 18.0 Å². The predicted molar refractivity (Wildman–Crippen MR) is 91.1 cm³/mol. The maximum absolute atomic E-state index is 11.5. The van der Waals surface area contributed by atoms with Crippen LogP contribution in [0.25, 0.3) is 10.9 Å². The minimum absolute atomic E-state index is 0.201. The van der Waals surface area contributed by atoms with Gasteiger partial charge in [-0.25, -0.2) is 4.79 Å². The zero-order chi connectivity index (χ0) is 16.7. The molecule has 7 heteroatoms. The van der Waals surface area contributed by atoms with Gasteiger partial charge in [0.2, 0.25) is 0 Å². The van der Waals surface area contributed by atoms with E-state index < -0.39 is 5.97 Å². The monoisotopic (exact) mass is 369 g/mol. The molecule has 1 heterocycles. The molecule has 0 atom stereocenters. The number of hydrogen-bond acceptors (Lipinski definition) is 2. The van der Waals surface area contributed by atoms with Gasteiger partial charge >= 0.3 is 5.97 Å². The number of carboxylic acid groups (broad SMARTS) is 1. The van der Waals surface area contributed by atoms with Gasteiger partial charge in [0.15, 0.2) is 11.4 Å². The zero-order valence-corrected chi connectivity index (χ0v) is 13.8. The fraction of sp³-hybridized carbons (Fsp3) is 0.0625. The minimum Gasteiger partial charge on any atom is -0.505 e. The van der Waals surface area contributed by atoms with E-state index in [9.17, 15) is 15.0 Å². The number of hydrogen-bond donors (Lipinski definition) is 2. The first-order chi connectivity index (χ1) is 10.9. The van der Waals surface area contributed by atoms with Crippen LogP contribution in [-0.4, -0.2) is 20.7 Å². The number of aromatic carboxylic acids is 1. The van der Waals surface area contributed by atoms with Gasteiger partial charge in [0, 0.05) is 17.0 Å². The van der Waals surface area contributed by atoms with E-state index in [1.807, 2.05) is 0 Å². The Balaban J connectivity index is 2.20. The highest BCUT2D eigenvalue weighted by atomic mass is 35.5. The molecule has 4 nitrogen and oxygen atoms in total. The third-order valence-electron chi connectivity index (χ3n) is 3.53. The van der Waals surface area contributed by atoms with Crippen molar-refractivity contribution in [1.29, 1.82) is 0 Å². The number of aromatic nitrogens is 1. The summed E-state index contributed by atoms with van der Waals surface area (Å²) in [5, 5.41) is 21.3. The van der Waals surface area contributed by atoms with Gasteiger partial charge in [-0.1, -0.05) is 40.9 Å². The molecule has 0 aliphatic rings. The molecular formula is C16H10Cl3NO3. The lowest BCUT2D eigenvalue weighted by Gasteiger charge is -2.09. The molecule has 0 saturated heterocycles. The lowest BCUT2D eigenvalue weighted by Crippen LogP contribution is -2.09. The quantitative estimate of drug-likeness (QED) is 0.678. The summed E-state index contributed by atoms with van der Waals surface area (Å²) >= 11 is 17.8. The van der Waals surface area contributed by atoms with Crippen LogP contribution < -0.4 is 0 Å². The molecule has 2 aromatic carbocycles. The van der Waals surface area contributed by atoms with Crippen molar-refractivity contribution in [2.24, 2.45) is 0 Å². The second-order valence-electron chi connectivity index (χ2n) is 5.00. The third-order valence-corrected chi connectivity index (χ3v) is 4.50. The highest BCUT2D eigenvalue weighted by molar-refractivity contribution is 6.42. The average molecular weight is 371 g/mol. The van der Waals surface area contributed by atoms with Gasteiger partial charge in [0.05, 0.1) is 15.6 Å². The van der Waals surface area contributed by atoms with E-state index in [4.69, 9.17) is 34.8 Å². The Bertz CT molecular complexity index is 934. The second kappa shape index (κ2) is 5.96. The molecule has 0 bridgehead atoms. The Morgan fingerprint density at radius 1 is 1.04 bits per heavy atom. The number of halogens is 3. The van der Waals surface area contributed by atoms with Crippen molar-refractivity contribution in [2.45, 2.75) is 6.54 Å². The molecule has 3 aromatic rings. The van der Waals surface area contributed by atoms with E-state index in [0.29, 0.717) is 26.0 Å². The van der Waals surface area contributed by atoms with Crippen molar-refractivity contribution >= 4 is 51.7 Å². The highest BCUT2D eigenvalue weighted by Gasteiger charge is 2.22. The van der Waals surface area contributed by atoms with Crippen molar-refractivity contribution in [2.75, 3.05) is 0 Å². The largest absolute Gasteiger partial charge is 0.505 e. The summed E-state index contributed by atoms with van der Waals surface area (Å²) in [4.78, 5) is 11.5. The summed E-state index contributed by atoms with van der Waals surface area (Å²) in [6, 6.07) is 9.89. The second-order valence-corrected chi connectivity index (χ2v) is 6.25. The van der Waals surface area contributed by atoms with Crippen LogP contribution in [0.4, 0.5) is 0 Å². The van der Waals surface area contributed by atoms with Crippen LogP contribution in [-0.2, 0) is 6.54 Å². The Morgan fingerprint density at radius 2 is 1.78 bits per heavy atom. The molecule has 2 N–H and O–H groups in total. The third kappa shape index (κ3) is 2.85. The topological polar surface area (TPSA) is 62.5 Å². The van der Waals surface area contributed by atoms with Crippen LogP contribution in [0.2, 0.25) is 15.1 Å². The molecule has 3 rings (SSSR count). The fourth-order valence-electron chi connectivity index (χ4n) is 2.51. The van der Waals surface area contributed by atoms with Crippen molar-refractivity contribution in [3.8, 4) is 5.75 Å². The Kier molecular flexibility index (Phi) is 4.15. The standard InChI is InChI=1S/C16H10Cl3NO3/c17-9-2-4-13-10(6-9)15(21)14(16(22)23)20(13)7-8-1-3-11(18)12(19)5-8/h1-6,21H,7H2,(H,22,23). The van der Waals surface area contributed by atoms with Crippen LogP contribution in [0.15, 0.2) is 36.4 Å². The number of carboxylic acids is 1. The molecule has 118 valence electrons. The Morgan fingerprint density at radius 3 is 2.43 bits per heavy atom. The Hall–Kier alpha value is -1.88. The van der Waals surface area contributed by atoms with Gasteiger partial charge in [-0.15, -0.1) is 0 Å². The number of carbonyl (C=O) groups is 1. The van der Waals surface area contributed by atoms with Gasteiger partial charge in [0.25, 0.3) is 0 Å². The van der Waals surface area contributed by atoms with Gasteiger partial charge < -0.3 is 14.8 Å². The van der Waals surface area contributed by atoms with Gasteiger partial charge in [-0.2, -0.15) is 0 Å². The molecular weight excluding hydrogens is 361 g/mol. The average Bonchev–Trinajstić information content (AvgIpc) is 2.75. The predicted octanol–water partition coefficient (Wildman–Crippen LogP) is 5.05. The zero-order valence-electron chi connectivity index (χ0n) is 11.6. The van der Waals surface area contributed by atoms with E-state index in [2.05, 4.69) is 0 Å². The maximum atomic E-state index is 11.5. The summed E-state index contributed by atoms with van der Waals surface area (Å²) in [6.45, 7) is 0.219. The van der Waals surface area contributed by atoms with Gasteiger partial charge in [0.1, 0.15) is 0 Å². The van der Waals surface area contributed by atoms with Crippen LogP contribution in [0.3, 0.4) is 0 Å². The number of fused-ring (bicyclic) bond motifs is 1. The number of benzene rings is 2. The van der Waals surface area contributed by atoms with E-state index in [0.717, 1.165) is 5.56 Å². The molecule has 0 aliphatic heterocycles. The lowest BCUT2D eigenvalue weighted by atomic mass is 10.2. The number of nitrogens with zero attached hydrogens (tertiary/aromatic N) is 1. The fourth-order valence-corrected chi connectivity index (χ4v) is 3.00. The SMILES string of the molecule is O=C(O)c1c(O)c2cc(Cl)ccc2n1Cc1ccc(Cl)c(Cl)c1. The lowest BCUT2D eigenvalue weighted by molar-refractivity contribution is 0.0683. The van der Waals surface area contributed by atoms with Crippen LogP contribution in [0.1, 0.15) is 16.1 Å². The van der Waals surface area contributed by atoms with E-state index in [1.165, 1.54) is 10.6 Å². The molecule has 0 saturated carbocycles. The van der Waals surface area contributed by atoms with Crippen LogP contribution in [0, 0.1) is 0 Å². The summed E-state index contributed by atoms with van der Waals surface area (Å²) in [5.74, 6) is -1.54. The van der Waals surface area contributed by atoms with Crippen molar-refractivity contribution in [1.82, 2.24) is 4.57 Å². The summed E-state index contributed by atoms with van der Waals surface area (Å²) in [5.41, 5.74) is 1.12. The smallest absolute Gasteiger partial charge is 0.356 e. The molecule has 1 aromatic heterocycles. The summed E-state index contributed by atoms with van der Waals surface area (Å²) in [7, 11) is 0. The van der Waals surface area contributed by atoms with Crippen molar-refractivity contribution < 1.29 is 15.0 Å². The van der Waals surface area contributed by atoms with E-state index >= 15 is 0 Å². The normalized spacial score (nSPS) is 11.1. The maximum Gasteiger partial charge on any atom is 0.356 e. The molecule has 0 aliphatic carbocycles. The van der Waals surface area contributed by atoms with Gasteiger partial charge in [-0.3, -0.25) is 0 Å². The highest BCUT2D eigenvalue weighted by Crippen LogP contribution is 2.35. The van der Waals surface area contributed by atoms with Crippen LogP contribution >= 0.6 is 34.8 Å². The molecule has 0 fully saturated rings. The van der Waals surface area contributed by atoms with Gasteiger partial charge in [-0.05, 0) is 35.9 Å². The van der Waals surface area contributed by atoms with Crippen LogP contribution in [0.5, 0.6) is 5.75 Å². The Labute approximate surface area is 146 Å². The molecule has 0 spiro atoms. The number of aromatic hydroxyl groups is 1. The summed E-state index contributed by atoms with van der Waals surface area (Å²) in [6.07, 6.45) is 0. The first-order valence-electron chi connectivity index (χ1n) is 6.56. The van der Waals surface area contributed by atoms with E-state index in [1.54, 1.807) is 30.3 Å². The van der Waals surface area contributed by atoms with Crippen molar-refractivity contribution in [3.05, 3.63) is 62.7 Å². The van der Waals surface area contributed by atoms with Crippen molar-refractivity contribution in [3.63, 3.8) is 0 Å². The molecule has 0 unspecified atom stereocenters.